The predicted octanol–water partition coefficient (Wildman–Crippen LogP) is 11.5. The second kappa shape index (κ2) is 12.1. The molecule has 0 unspecified atom stereocenters. The van der Waals surface area contributed by atoms with Crippen molar-refractivity contribution in [2.45, 2.75) is 5.41 Å². The van der Waals surface area contributed by atoms with Crippen molar-refractivity contribution in [2.24, 2.45) is 0 Å². The lowest BCUT2D eigenvalue weighted by molar-refractivity contribution is 0.434. The van der Waals surface area contributed by atoms with Crippen LogP contribution in [0.1, 0.15) is 33.4 Å². The Kier molecular flexibility index (Phi) is 7.00. The number of fused-ring (bicyclic) bond motifs is 8. The highest BCUT2D eigenvalue weighted by atomic mass is 16.5. The molecular formula is C48H31N3O. The number of para-hydroxylation sites is 2. The summed E-state index contributed by atoms with van der Waals surface area (Å²) < 4.78 is 6.61. The number of ether oxygens (including phenoxy) is 1. The fraction of sp³-hybridized carbons (Fsp3) is 0.0208. The van der Waals surface area contributed by atoms with E-state index in [1.165, 1.54) is 11.1 Å². The van der Waals surface area contributed by atoms with Gasteiger partial charge >= 0.3 is 0 Å². The molecule has 0 radical (unpaired) electrons. The lowest BCUT2D eigenvalue weighted by atomic mass is 9.62. The Bertz CT molecular complexity index is 2600. The van der Waals surface area contributed by atoms with Crippen LogP contribution in [0.15, 0.2) is 176 Å². The van der Waals surface area contributed by atoms with Gasteiger partial charge < -0.3 is 4.74 Å². The van der Waals surface area contributed by atoms with Gasteiger partial charge in [-0.2, -0.15) is 0 Å². The standard InChI is InChI=1S/C48H31N3O/c1-2-12-35(13-3-1)43-30-44(36-25-20-32(21-26-36)38-14-10-28-49-31-38)51-47(50-43)37-27-24-34-23-22-33-11-4-5-15-39(33)48(42(34)29-37)40-16-6-8-18-45(40)52-46-19-9-7-17-41(46)48/h1-31H. The van der Waals surface area contributed by atoms with Gasteiger partial charge in [0.15, 0.2) is 5.82 Å². The Hall–Kier alpha value is -6.91. The van der Waals surface area contributed by atoms with Crippen LogP contribution < -0.4 is 4.74 Å². The summed E-state index contributed by atoms with van der Waals surface area (Å²) in [7, 11) is 0. The van der Waals surface area contributed by atoms with Crippen LogP contribution in [0.4, 0.5) is 0 Å². The maximum Gasteiger partial charge on any atom is 0.160 e. The van der Waals surface area contributed by atoms with E-state index in [4.69, 9.17) is 14.7 Å². The molecule has 1 aliphatic heterocycles. The van der Waals surface area contributed by atoms with Crippen molar-refractivity contribution in [3.05, 3.63) is 210 Å². The van der Waals surface area contributed by atoms with Crippen LogP contribution in [0.5, 0.6) is 11.5 Å². The molecule has 0 amide bonds. The third-order valence-electron chi connectivity index (χ3n) is 10.3. The molecular weight excluding hydrogens is 635 g/mol. The Morgan fingerprint density at radius 2 is 0.962 bits per heavy atom. The van der Waals surface area contributed by atoms with Crippen molar-refractivity contribution in [1.29, 1.82) is 0 Å². The molecule has 8 aromatic rings. The summed E-state index contributed by atoms with van der Waals surface area (Å²) >= 11 is 0. The number of aromatic nitrogens is 3. The minimum absolute atomic E-state index is 0.654. The molecule has 1 spiro atoms. The van der Waals surface area contributed by atoms with Crippen LogP contribution >= 0.6 is 0 Å². The van der Waals surface area contributed by atoms with E-state index in [9.17, 15) is 0 Å². The molecule has 52 heavy (non-hydrogen) atoms. The van der Waals surface area contributed by atoms with Gasteiger partial charge in [0.05, 0.1) is 16.8 Å². The van der Waals surface area contributed by atoms with Gasteiger partial charge in [-0.15, -0.1) is 0 Å². The number of pyridine rings is 1. The van der Waals surface area contributed by atoms with Crippen LogP contribution in [0, 0.1) is 0 Å². The molecule has 244 valence electrons. The maximum atomic E-state index is 6.61. The third-order valence-corrected chi connectivity index (χ3v) is 10.3. The minimum Gasteiger partial charge on any atom is -0.457 e. The topological polar surface area (TPSA) is 47.9 Å². The first-order valence-electron chi connectivity index (χ1n) is 17.5. The highest BCUT2D eigenvalue weighted by Crippen LogP contribution is 2.57. The largest absolute Gasteiger partial charge is 0.457 e. The van der Waals surface area contributed by atoms with Gasteiger partial charge in [0, 0.05) is 40.2 Å². The zero-order valence-electron chi connectivity index (χ0n) is 28.1. The van der Waals surface area contributed by atoms with E-state index in [1.807, 2.05) is 30.5 Å². The summed E-state index contributed by atoms with van der Waals surface area (Å²) in [5, 5.41) is 0. The fourth-order valence-electron chi connectivity index (χ4n) is 7.90. The first-order valence-corrected chi connectivity index (χ1v) is 17.5. The van der Waals surface area contributed by atoms with E-state index < -0.39 is 5.41 Å². The van der Waals surface area contributed by atoms with Gasteiger partial charge in [-0.25, -0.2) is 9.97 Å². The second-order valence-corrected chi connectivity index (χ2v) is 13.2. The zero-order chi connectivity index (χ0) is 34.5. The molecule has 4 heteroatoms. The molecule has 10 rings (SSSR count). The lowest BCUT2D eigenvalue weighted by Gasteiger charge is -2.42. The monoisotopic (exact) mass is 665 g/mol. The van der Waals surface area contributed by atoms with E-state index in [1.54, 1.807) is 6.20 Å². The molecule has 0 bridgehead atoms. The van der Waals surface area contributed by atoms with Crippen LogP contribution in [0.3, 0.4) is 0 Å². The fourth-order valence-corrected chi connectivity index (χ4v) is 7.90. The highest BCUT2D eigenvalue weighted by molar-refractivity contribution is 5.85. The molecule has 0 atom stereocenters. The Morgan fingerprint density at radius 1 is 0.404 bits per heavy atom. The normalized spacial score (nSPS) is 13.2. The van der Waals surface area contributed by atoms with Crippen molar-refractivity contribution in [2.75, 3.05) is 0 Å². The third kappa shape index (κ3) is 4.80. The molecule has 2 aliphatic rings. The van der Waals surface area contributed by atoms with Crippen LogP contribution in [-0.4, -0.2) is 15.0 Å². The van der Waals surface area contributed by atoms with Gasteiger partial charge in [-0.1, -0.05) is 146 Å². The van der Waals surface area contributed by atoms with Crippen molar-refractivity contribution >= 4 is 12.2 Å². The maximum absolute atomic E-state index is 6.61. The summed E-state index contributed by atoms with van der Waals surface area (Å²) in [6, 6.07) is 57.3. The summed E-state index contributed by atoms with van der Waals surface area (Å²) in [6.07, 6.45) is 8.16. The molecule has 0 saturated carbocycles. The van der Waals surface area contributed by atoms with E-state index in [-0.39, 0.29) is 0 Å². The van der Waals surface area contributed by atoms with Crippen LogP contribution in [0.25, 0.3) is 57.2 Å². The molecule has 4 nitrogen and oxygen atoms in total. The smallest absolute Gasteiger partial charge is 0.160 e. The molecule has 0 fully saturated rings. The minimum atomic E-state index is -0.654. The van der Waals surface area contributed by atoms with Gasteiger partial charge in [-0.3, -0.25) is 4.98 Å². The van der Waals surface area contributed by atoms with Gasteiger partial charge in [0.2, 0.25) is 0 Å². The van der Waals surface area contributed by atoms with Crippen molar-refractivity contribution in [1.82, 2.24) is 15.0 Å². The number of nitrogens with zero attached hydrogens (tertiary/aromatic N) is 3. The van der Waals surface area contributed by atoms with Gasteiger partial charge in [-0.05, 0) is 63.7 Å². The number of hydrogen-bond acceptors (Lipinski definition) is 4. The second-order valence-electron chi connectivity index (χ2n) is 13.2. The lowest BCUT2D eigenvalue weighted by Crippen LogP contribution is -2.35. The average molecular weight is 666 g/mol. The predicted molar refractivity (Wildman–Crippen MR) is 209 cm³/mol. The number of benzene rings is 6. The number of rotatable bonds is 4. The zero-order valence-corrected chi connectivity index (χ0v) is 28.1. The Labute approximate surface area is 302 Å². The van der Waals surface area contributed by atoms with Gasteiger partial charge in [0.25, 0.3) is 0 Å². The molecule has 0 N–H and O–H groups in total. The van der Waals surface area contributed by atoms with Crippen LogP contribution in [0.2, 0.25) is 0 Å². The Balaban J connectivity index is 1.21. The first kappa shape index (κ1) is 30.0. The molecule has 3 heterocycles. The summed E-state index contributed by atoms with van der Waals surface area (Å²) in [6.45, 7) is 0. The molecule has 1 aliphatic carbocycles. The van der Waals surface area contributed by atoms with E-state index in [0.29, 0.717) is 5.82 Å². The van der Waals surface area contributed by atoms with Gasteiger partial charge in [0.1, 0.15) is 11.5 Å². The quantitative estimate of drug-likeness (QED) is 0.188. The van der Waals surface area contributed by atoms with E-state index in [2.05, 4.69) is 157 Å². The molecule has 0 saturated heterocycles. The van der Waals surface area contributed by atoms with Crippen molar-refractivity contribution in [3.8, 4) is 56.5 Å². The summed E-state index contributed by atoms with van der Waals surface area (Å²) in [5.74, 6) is 2.38. The Morgan fingerprint density at radius 3 is 1.65 bits per heavy atom. The molecule has 2 aromatic heterocycles. The van der Waals surface area contributed by atoms with Crippen LogP contribution in [-0.2, 0) is 5.41 Å². The first-order chi connectivity index (χ1) is 25.8. The summed E-state index contributed by atoms with van der Waals surface area (Å²) in [4.78, 5) is 14.8. The van der Waals surface area contributed by atoms with E-state index in [0.717, 1.165) is 73.0 Å². The van der Waals surface area contributed by atoms with Crippen molar-refractivity contribution < 1.29 is 4.74 Å². The SMILES string of the molecule is C1=Cc2ccc(-c3nc(-c4ccccc4)cc(-c4ccc(-c5cccnc5)cc4)n3)cc2C2(c3ccccc31)c1ccccc1Oc1ccccc12. The average Bonchev–Trinajstić information content (AvgIpc) is 3.36. The molecule has 6 aromatic carbocycles. The highest BCUT2D eigenvalue weighted by Gasteiger charge is 2.47. The van der Waals surface area contributed by atoms with Crippen molar-refractivity contribution in [3.63, 3.8) is 0 Å². The van der Waals surface area contributed by atoms with E-state index >= 15 is 0 Å². The summed E-state index contributed by atoms with van der Waals surface area (Å²) in [5.41, 5.74) is 13.1. The number of hydrogen-bond donors (Lipinski definition) is 0.